The van der Waals surface area contributed by atoms with Crippen LogP contribution in [0.2, 0.25) is 5.02 Å². The number of rotatable bonds is 8. The molecule has 2 amide bonds. The summed E-state index contributed by atoms with van der Waals surface area (Å²) in [7, 11) is 0. The summed E-state index contributed by atoms with van der Waals surface area (Å²) < 4.78 is 29.3. The van der Waals surface area contributed by atoms with Gasteiger partial charge in [-0.15, -0.1) is 0 Å². The standard InChI is InChI=1S/C22H24ClF2N3O2S/c1-22(11-4-12-31-2)14-28(27-19(22)15-7-9-16(23)10-8-15)21(29)26-17-5-3-6-18(13-17)30-20(24)25/h3,5-10,13,20H,4,11-12,14H2,1-2H3,(H,26,29). The van der Waals surface area contributed by atoms with Crippen LogP contribution in [0.25, 0.3) is 0 Å². The van der Waals surface area contributed by atoms with E-state index in [0.717, 1.165) is 29.9 Å². The van der Waals surface area contributed by atoms with E-state index in [4.69, 9.17) is 11.6 Å². The first-order valence-corrected chi connectivity index (χ1v) is 11.6. The second kappa shape index (κ2) is 10.3. The van der Waals surface area contributed by atoms with Crippen LogP contribution in [0.4, 0.5) is 19.3 Å². The van der Waals surface area contributed by atoms with Crippen molar-refractivity contribution in [3.8, 4) is 5.75 Å². The SMILES string of the molecule is CSCCCC1(C)CN(C(=O)Nc2cccc(OC(F)F)c2)N=C1c1ccc(Cl)cc1. The number of halogens is 3. The molecule has 2 aromatic carbocycles. The number of thioether (sulfide) groups is 1. The molecule has 0 aromatic heterocycles. The van der Waals surface area contributed by atoms with E-state index in [1.54, 1.807) is 30.0 Å². The zero-order valence-electron chi connectivity index (χ0n) is 17.3. The van der Waals surface area contributed by atoms with Crippen LogP contribution in [-0.4, -0.2) is 41.9 Å². The molecule has 0 saturated carbocycles. The van der Waals surface area contributed by atoms with Crippen molar-refractivity contribution in [3.05, 3.63) is 59.1 Å². The van der Waals surface area contributed by atoms with Gasteiger partial charge >= 0.3 is 12.6 Å². The number of carbonyl (C=O) groups is 1. The first-order valence-electron chi connectivity index (χ1n) is 9.78. The Morgan fingerprint density at radius 2 is 2.06 bits per heavy atom. The largest absolute Gasteiger partial charge is 0.435 e. The number of hydrazone groups is 1. The quantitative estimate of drug-likeness (QED) is 0.461. The number of hydrogen-bond donors (Lipinski definition) is 1. The lowest BCUT2D eigenvalue weighted by Gasteiger charge is -2.26. The van der Waals surface area contributed by atoms with Crippen LogP contribution in [0.1, 0.15) is 25.3 Å². The lowest BCUT2D eigenvalue weighted by atomic mass is 9.78. The Bertz CT molecular complexity index is 943. The van der Waals surface area contributed by atoms with Gasteiger partial charge in [-0.2, -0.15) is 25.6 Å². The summed E-state index contributed by atoms with van der Waals surface area (Å²) in [6.45, 7) is -0.415. The third-order valence-corrected chi connectivity index (χ3v) is 5.98. The minimum atomic E-state index is -2.93. The lowest BCUT2D eigenvalue weighted by molar-refractivity contribution is -0.0498. The van der Waals surface area contributed by atoms with Crippen LogP contribution >= 0.6 is 23.4 Å². The normalized spacial score (nSPS) is 18.3. The van der Waals surface area contributed by atoms with Gasteiger partial charge in [0.05, 0.1) is 12.3 Å². The van der Waals surface area contributed by atoms with Gasteiger partial charge in [0, 0.05) is 22.2 Å². The number of urea groups is 1. The van der Waals surface area contributed by atoms with E-state index < -0.39 is 12.6 Å². The minimum Gasteiger partial charge on any atom is -0.435 e. The zero-order valence-corrected chi connectivity index (χ0v) is 18.9. The van der Waals surface area contributed by atoms with Gasteiger partial charge < -0.3 is 10.1 Å². The third kappa shape index (κ3) is 6.11. The van der Waals surface area contributed by atoms with Crippen molar-refractivity contribution in [2.24, 2.45) is 10.5 Å². The van der Waals surface area contributed by atoms with Crippen molar-refractivity contribution in [1.29, 1.82) is 0 Å². The first kappa shape index (κ1) is 23.3. The Morgan fingerprint density at radius 3 is 2.74 bits per heavy atom. The maximum absolute atomic E-state index is 12.9. The molecule has 0 saturated heterocycles. The van der Waals surface area contributed by atoms with Crippen molar-refractivity contribution in [2.45, 2.75) is 26.4 Å². The molecule has 1 unspecified atom stereocenters. The van der Waals surface area contributed by atoms with Crippen LogP contribution in [0.15, 0.2) is 53.6 Å². The van der Waals surface area contributed by atoms with Crippen molar-refractivity contribution < 1.29 is 18.3 Å². The average Bonchev–Trinajstić information content (AvgIpc) is 3.06. The van der Waals surface area contributed by atoms with Gasteiger partial charge in [-0.3, -0.25) is 0 Å². The maximum Gasteiger partial charge on any atom is 0.387 e. The fourth-order valence-corrected chi connectivity index (χ4v) is 4.11. The summed E-state index contributed by atoms with van der Waals surface area (Å²) in [6, 6.07) is 12.9. The predicted octanol–water partition coefficient (Wildman–Crippen LogP) is 6.34. The number of nitrogens with zero attached hydrogens (tertiary/aromatic N) is 2. The molecule has 0 aliphatic carbocycles. The van der Waals surface area contributed by atoms with Crippen molar-refractivity contribution in [3.63, 3.8) is 0 Å². The number of anilines is 1. The highest BCUT2D eigenvalue weighted by atomic mass is 35.5. The number of carbonyl (C=O) groups excluding carboxylic acids is 1. The van der Waals surface area contributed by atoms with Crippen molar-refractivity contribution in [2.75, 3.05) is 23.9 Å². The highest BCUT2D eigenvalue weighted by Gasteiger charge is 2.40. The van der Waals surface area contributed by atoms with Gasteiger partial charge in [-0.25, -0.2) is 9.80 Å². The molecule has 1 atom stereocenters. The second-order valence-corrected chi connectivity index (χ2v) is 8.93. The molecular formula is C22H24ClF2N3O2S. The van der Waals surface area contributed by atoms with E-state index in [2.05, 4.69) is 28.3 Å². The highest BCUT2D eigenvalue weighted by molar-refractivity contribution is 7.98. The van der Waals surface area contributed by atoms with Crippen molar-refractivity contribution >= 4 is 40.8 Å². The summed E-state index contributed by atoms with van der Waals surface area (Å²) in [5.41, 5.74) is 1.78. The Morgan fingerprint density at radius 1 is 1.32 bits per heavy atom. The smallest absolute Gasteiger partial charge is 0.387 e. The van der Waals surface area contributed by atoms with Crippen LogP contribution in [0.3, 0.4) is 0 Å². The summed E-state index contributed by atoms with van der Waals surface area (Å²) in [4.78, 5) is 12.9. The summed E-state index contributed by atoms with van der Waals surface area (Å²) in [5, 5.41) is 9.36. The predicted molar refractivity (Wildman–Crippen MR) is 123 cm³/mol. The molecule has 166 valence electrons. The number of amides is 2. The molecular weight excluding hydrogens is 444 g/mol. The number of benzene rings is 2. The Labute approximate surface area is 189 Å². The summed E-state index contributed by atoms with van der Waals surface area (Å²) >= 11 is 7.81. The molecule has 0 spiro atoms. The monoisotopic (exact) mass is 467 g/mol. The van der Waals surface area contributed by atoms with E-state index in [0.29, 0.717) is 17.3 Å². The first-order chi connectivity index (χ1) is 14.8. The molecule has 2 aromatic rings. The molecule has 0 bridgehead atoms. The van der Waals surface area contributed by atoms with Gasteiger partial charge in [-0.05, 0) is 54.7 Å². The molecule has 1 heterocycles. The number of nitrogens with one attached hydrogen (secondary N) is 1. The molecule has 1 aliphatic rings. The van der Waals surface area contributed by atoms with Crippen LogP contribution in [0.5, 0.6) is 5.75 Å². The van der Waals surface area contributed by atoms with E-state index >= 15 is 0 Å². The van der Waals surface area contributed by atoms with Crippen LogP contribution in [0, 0.1) is 5.41 Å². The Hall–Kier alpha value is -2.32. The van der Waals surface area contributed by atoms with E-state index in [1.165, 1.54) is 23.2 Å². The summed E-state index contributed by atoms with van der Waals surface area (Å²) in [6.07, 6.45) is 3.93. The molecule has 9 heteroatoms. The van der Waals surface area contributed by atoms with E-state index in [1.807, 2.05) is 12.1 Å². The molecule has 5 nitrogen and oxygen atoms in total. The van der Waals surface area contributed by atoms with Gasteiger partial charge in [0.15, 0.2) is 0 Å². The van der Waals surface area contributed by atoms with Gasteiger partial charge in [0.25, 0.3) is 0 Å². The Kier molecular flexibility index (Phi) is 7.78. The Balaban J connectivity index is 1.80. The second-order valence-electron chi connectivity index (χ2n) is 7.51. The fraction of sp³-hybridized carbons (Fsp3) is 0.364. The van der Waals surface area contributed by atoms with E-state index in [9.17, 15) is 13.6 Å². The average molecular weight is 468 g/mol. The van der Waals surface area contributed by atoms with Gasteiger partial charge in [-0.1, -0.05) is 36.7 Å². The molecule has 1 N–H and O–H groups in total. The molecule has 31 heavy (non-hydrogen) atoms. The number of hydrogen-bond acceptors (Lipinski definition) is 4. The highest BCUT2D eigenvalue weighted by Crippen LogP contribution is 2.36. The van der Waals surface area contributed by atoms with Crippen LogP contribution in [-0.2, 0) is 0 Å². The molecule has 0 fully saturated rings. The maximum atomic E-state index is 12.9. The van der Waals surface area contributed by atoms with Gasteiger partial charge in [0.1, 0.15) is 5.75 Å². The topological polar surface area (TPSA) is 53.9 Å². The van der Waals surface area contributed by atoms with Gasteiger partial charge in [0.2, 0.25) is 0 Å². The molecule has 0 radical (unpaired) electrons. The molecule has 1 aliphatic heterocycles. The minimum absolute atomic E-state index is 0.0264. The van der Waals surface area contributed by atoms with Crippen LogP contribution < -0.4 is 10.1 Å². The number of alkyl halides is 2. The number of ether oxygens (including phenoxy) is 1. The van der Waals surface area contributed by atoms with Crippen molar-refractivity contribution in [1.82, 2.24) is 5.01 Å². The lowest BCUT2D eigenvalue weighted by Crippen LogP contribution is -2.35. The summed E-state index contributed by atoms with van der Waals surface area (Å²) in [5.74, 6) is 0.994. The third-order valence-electron chi connectivity index (χ3n) is 5.03. The zero-order chi connectivity index (χ0) is 22.4. The molecule has 3 rings (SSSR count). The van der Waals surface area contributed by atoms with E-state index in [-0.39, 0.29) is 11.2 Å². The fourth-order valence-electron chi connectivity index (χ4n) is 3.56.